The fourth-order valence-corrected chi connectivity index (χ4v) is 1.87. The van der Waals surface area contributed by atoms with Crippen molar-refractivity contribution in [3.8, 4) is 0 Å². The highest BCUT2D eigenvalue weighted by molar-refractivity contribution is 5.99. The van der Waals surface area contributed by atoms with Gasteiger partial charge in [0.15, 0.2) is 0 Å². The number of nitrogens with two attached hydrogens (primary N) is 1. The summed E-state index contributed by atoms with van der Waals surface area (Å²) in [5.41, 5.74) is 6.28. The van der Waals surface area contributed by atoms with Crippen LogP contribution in [0.3, 0.4) is 0 Å². The summed E-state index contributed by atoms with van der Waals surface area (Å²) in [5, 5.41) is 0. The van der Waals surface area contributed by atoms with Crippen LogP contribution >= 0.6 is 0 Å². The van der Waals surface area contributed by atoms with E-state index in [1.165, 1.54) is 31.0 Å². The Labute approximate surface area is 100 Å². The third kappa shape index (κ3) is 2.75. The van der Waals surface area contributed by atoms with Crippen LogP contribution in [0, 0.1) is 11.7 Å². The van der Waals surface area contributed by atoms with Crippen molar-refractivity contribution >= 4 is 11.6 Å². The molecule has 0 aromatic heterocycles. The molecule has 1 amide bonds. The molecule has 0 radical (unpaired) electrons. The number of rotatable bonds is 4. The van der Waals surface area contributed by atoms with Crippen molar-refractivity contribution in [2.45, 2.75) is 19.8 Å². The average molecular weight is 236 g/mol. The molecule has 0 heterocycles. The van der Waals surface area contributed by atoms with Gasteiger partial charge in [0, 0.05) is 18.8 Å². The van der Waals surface area contributed by atoms with Crippen LogP contribution < -0.4 is 5.73 Å². The van der Waals surface area contributed by atoms with Crippen molar-refractivity contribution in [3.63, 3.8) is 0 Å². The first-order valence-corrected chi connectivity index (χ1v) is 5.96. The summed E-state index contributed by atoms with van der Waals surface area (Å²) in [6, 6.07) is 3.93. The van der Waals surface area contributed by atoms with Gasteiger partial charge in [-0.3, -0.25) is 4.79 Å². The van der Waals surface area contributed by atoms with Crippen molar-refractivity contribution in [3.05, 3.63) is 29.6 Å². The molecule has 2 rings (SSSR count). The molecule has 92 valence electrons. The normalized spacial score (nSPS) is 14.7. The number of carbonyl (C=O) groups excluding carboxylic acids is 1. The summed E-state index contributed by atoms with van der Waals surface area (Å²) < 4.78 is 12.9. The first-order chi connectivity index (χ1) is 8.11. The smallest absolute Gasteiger partial charge is 0.255 e. The van der Waals surface area contributed by atoms with E-state index in [0.717, 1.165) is 6.54 Å². The van der Waals surface area contributed by atoms with Crippen molar-refractivity contribution in [2.75, 3.05) is 18.8 Å². The Bertz CT molecular complexity index is 429. The molecule has 17 heavy (non-hydrogen) atoms. The monoisotopic (exact) mass is 236 g/mol. The second kappa shape index (κ2) is 4.73. The van der Waals surface area contributed by atoms with E-state index < -0.39 is 5.82 Å². The van der Waals surface area contributed by atoms with E-state index in [1.807, 2.05) is 6.92 Å². The molecule has 1 fully saturated rings. The van der Waals surface area contributed by atoms with E-state index in [-0.39, 0.29) is 11.6 Å². The summed E-state index contributed by atoms with van der Waals surface area (Å²) in [6.45, 7) is 3.39. The number of benzene rings is 1. The molecule has 1 saturated carbocycles. The third-order valence-electron chi connectivity index (χ3n) is 3.09. The minimum Gasteiger partial charge on any atom is -0.398 e. The van der Waals surface area contributed by atoms with Gasteiger partial charge >= 0.3 is 0 Å². The van der Waals surface area contributed by atoms with Gasteiger partial charge in [-0.25, -0.2) is 4.39 Å². The Morgan fingerprint density at radius 1 is 1.53 bits per heavy atom. The molecule has 1 aromatic carbocycles. The number of nitrogen functional groups attached to an aromatic ring is 1. The van der Waals surface area contributed by atoms with Crippen LogP contribution in [0.15, 0.2) is 18.2 Å². The quantitative estimate of drug-likeness (QED) is 0.815. The Kier molecular flexibility index (Phi) is 3.31. The van der Waals surface area contributed by atoms with Crippen LogP contribution in [0.4, 0.5) is 10.1 Å². The Hall–Kier alpha value is -1.58. The van der Waals surface area contributed by atoms with E-state index in [2.05, 4.69) is 0 Å². The molecule has 2 N–H and O–H groups in total. The summed E-state index contributed by atoms with van der Waals surface area (Å²) in [5.74, 6) is 0.127. The summed E-state index contributed by atoms with van der Waals surface area (Å²) in [4.78, 5) is 14.0. The first kappa shape index (κ1) is 11.9. The molecular weight excluding hydrogens is 219 g/mol. The zero-order valence-corrected chi connectivity index (χ0v) is 9.95. The molecule has 0 unspecified atom stereocenters. The minimum absolute atomic E-state index is 0.100. The van der Waals surface area contributed by atoms with E-state index in [9.17, 15) is 9.18 Å². The number of hydrogen-bond donors (Lipinski definition) is 1. The van der Waals surface area contributed by atoms with E-state index in [1.54, 1.807) is 4.90 Å². The molecule has 0 bridgehead atoms. The maximum Gasteiger partial charge on any atom is 0.255 e. The van der Waals surface area contributed by atoms with Crippen LogP contribution in [-0.2, 0) is 0 Å². The molecule has 0 spiro atoms. The second-order valence-electron chi connectivity index (χ2n) is 4.52. The highest BCUT2D eigenvalue weighted by Gasteiger charge is 2.27. The van der Waals surface area contributed by atoms with E-state index >= 15 is 0 Å². The van der Waals surface area contributed by atoms with Gasteiger partial charge in [0.2, 0.25) is 0 Å². The van der Waals surface area contributed by atoms with Crippen molar-refractivity contribution < 1.29 is 9.18 Å². The van der Waals surface area contributed by atoms with E-state index in [0.29, 0.717) is 18.0 Å². The predicted molar refractivity (Wildman–Crippen MR) is 65.1 cm³/mol. The van der Waals surface area contributed by atoms with Gasteiger partial charge in [-0.1, -0.05) is 0 Å². The minimum atomic E-state index is -0.413. The lowest BCUT2D eigenvalue weighted by Crippen LogP contribution is -2.33. The molecule has 1 aliphatic carbocycles. The van der Waals surface area contributed by atoms with Crippen LogP contribution in [0.1, 0.15) is 30.1 Å². The molecule has 4 heteroatoms. The van der Waals surface area contributed by atoms with Crippen LogP contribution in [0.2, 0.25) is 0 Å². The average Bonchev–Trinajstić information content (AvgIpc) is 3.09. The topological polar surface area (TPSA) is 46.3 Å². The zero-order valence-electron chi connectivity index (χ0n) is 9.95. The number of halogens is 1. The zero-order chi connectivity index (χ0) is 12.4. The molecule has 0 saturated heterocycles. The number of amides is 1. The highest BCUT2D eigenvalue weighted by Crippen LogP contribution is 2.30. The fourth-order valence-electron chi connectivity index (χ4n) is 1.87. The largest absolute Gasteiger partial charge is 0.398 e. The number of hydrogen-bond acceptors (Lipinski definition) is 2. The second-order valence-corrected chi connectivity index (χ2v) is 4.52. The predicted octanol–water partition coefficient (Wildman–Crippen LogP) is 2.28. The maximum absolute atomic E-state index is 12.9. The summed E-state index contributed by atoms with van der Waals surface area (Å²) in [6.07, 6.45) is 2.39. The number of carbonyl (C=O) groups is 1. The summed E-state index contributed by atoms with van der Waals surface area (Å²) >= 11 is 0. The van der Waals surface area contributed by atoms with Gasteiger partial charge in [-0.15, -0.1) is 0 Å². The highest BCUT2D eigenvalue weighted by atomic mass is 19.1. The summed E-state index contributed by atoms with van der Waals surface area (Å²) in [7, 11) is 0. The number of anilines is 1. The third-order valence-corrected chi connectivity index (χ3v) is 3.09. The molecule has 1 aromatic rings. The lowest BCUT2D eigenvalue weighted by Gasteiger charge is -2.21. The van der Waals surface area contributed by atoms with Crippen molar-refractivity contribution in [1.29, 1.82) is 0 Å². The maximum atomic E-state index is 12.9. The van der Waals surface area contributed by atoms with E-state index in [4.69, 9.17) is 5.73 Å². The lowest BCUT2D eigenvalue weighted by molar-refractivity contribution is 0.0758. The Morgan fingerprint density at radius 2 is 2.24 bits per heavy atom. The molecule has 0 atom stereocenters. The van der Waals surface area contributed by atoms with Crippen molar-refractivity contribution in [2.24, 2.45) is 5.92 Å². The SMILES string of the molecule is CCN(CC1CC1)C(=O)c1ccc(F)cc1N. The number of nitrogens with zero attached hydrogens (tertiary/aromatic N) is 1. The van der Waals surface area contributed by atoms with Gasteiger partial charge in [0.25, 0.3) is 5.91 Å². The molecular formula is C13H17FN2O. The van der Waals surface area contributed by atoms with Gasteiger partial charge in [-0.05, 0) is 43.9 Å². The Balaban J connectivity index is 2.15. The van der Waals surface area contributed by atoms with Gasteiger partial charge < -0.3 is 10.6 Å². The Morgan fingerprint density at radius 3 is 2.76 bits per heavy atom. The van der Waals surface area contributed by atoms with Gasteiger partial charge in [-0.2, -0.15) is 0 Å². The molecule has 1 aliphatic rings. The van der Waals surface area contributed by atoms with Gasteiger partial charge in [0.05, 0.1) is 5.56 Å². The van der Waals surface area contributed by atoms with Crippen molar-refractivity contribution in [1.82, 2.24) is 4.90 Å². The first-order valence-electron chi connectivity index (χ1n) is 5.96. The molecule has 0 aliphatic heterocycles. The standard InChI is InChI=1S/C13H17FN2O/c1-2-16(8-9-3-4-9)13(17)11-6-5-10(14)7-12(11)15/h5-7,9H,2-4,8,15H2,1H3. The van der Waals surface area contributed by atoms with Crippen LogP contribution in [-0.4, -0.2) is 23.9 Å². The fraction of sp³-hybridized carbons (Fsp3) is 0.462. The van der Waals surface area contributed by atoms with Gasteiger partial charge in [0.1, 0.15) is 5.82 Å². The van der Waals surface area contributed by atoms with Crippen LogP contribution in [0.25, 0.3) is 0 Å². The molecule has 3 nitrogen and oxygen atoms in total. The van der Waals surface area contributed by atoms with Crippen LogP contribution in [0.5, 0.6) is 0 Å². The lowest BCUT2D eigenvalue weighted by atomic mass is 10.1.